The molecule has 1 aliphatic rings. The van der Waals surface area contributed by atoms with Crippen molar-refractivity contribution in [2.75, 3.05) is 24.2 Å². The van der Waals surface area contributed by atoms with E-state index < -0.39 is 0 Å². The van der Waals surface area contributed by atoms with Crippen molar-refractivity contribution < 1.29 is 4.79 Å². The maximum absolute atomic E-state index is 12.5. The highest BCUT2D eigenvalue weighted by atomic mass is 32.2. The number of aryl methyl sites for hydroxylation is 1. The summed E-state index contributed by atoms with van der Waals surface area (Å²) in [5, 5.41) is 3.94. The van der Waals surface area contributed by atoms with Crippen molar-refractivity contribution >= 4 is 34.2 Å². The van der Waals surface area contributed by atoms with Crippen LogP contribution in [-0.2, 0) is 11.2 Å². The number of amides is 1. The normalized spacial score (nSPS) is 15.2. The first-order valence-electron chi connectivity index (χ1n) is 10.1. The molecule has 28 heavy (non-hydrogen) atoms. The van der Waals surface area contributed by atoms with E-state index in [2.05, 4.69) is 29.3 Å². The summed E-state index contributed by atoms with van der Waals surface area (Å²) in [7, 11) is 0. The van der Waals surface area contributed by atoms with Gasteiger partial charge in [0.1, 0.15) is 0 Å². The van der Waals surface area contributed by atoms with Crippen LogP contribution < -0.4 is 5.32 Å². The summed E-state index contributed by atoms with van der Waals surface area (Å²) in [6, 6.07) is 18.1. The van der Waals surface area contributed by atoms with Gasteiger partial charge in [0.2, 0.25) is 5.91 Å². The summed E-state index contributed by atoms with van der Waals surface area (Å²) in [5.74, 6) is 0.363. The molecule has 2 aromatic rings. The van der Waals surface area contributed by atoms with Gasteiger partial charge in [0.15, 0.2) is 5.17 Å². The molecule has 4 nitrogen and oxygen atoms in total. The van der Waals surface area contributed by atoms with Crippen molar-refractivity contribution in [2.24, 2.45) is 4.99 Å². The van der Waals surface area contributed by atoms with Gasteiger partial charge < -0.3 is 10.2 Å². The number of rotatable bonds is 5. The predicted octanol–water partition coefficient (Wildman–Crippen LogP) is 5.48. The molecular formula is C23H29N3OS. The summed E-state index contributed by atoms with van der Waals surface area (Å²) in [4.78, 5) is 19.7. The number of hydrogen-bond acceptors (Lipinski definition) is 3. The number of para-hydroxylation sites is 1. The lowest BCUT2D eigenvalue weighted by atomic mass is 10.1. The SMILES string of the molecule is CCc1ccc(NC(=O)CSC(=Nc2ccccc2)N2CCCCCC2)cc1. The zero-order valence-electron chi connectivity index (χ0n) is 16.6. The Morgan fingerprint density at radius 3 is 2.32 bits per heavy atom. The minimum atomic E-state index is 0.00447. The Kier molecular flexibility index (Phi) is 7.97. The second-order valence-electron chi connectivity index (χ2n) is 7.02. The van der Waals surface area contributed by atoms with E-state index in [0.29, 0.717) is 5.75 Å². The van der Waals surface area contributed by atoms with Gasteiger partial charge in [-0.05, 0) is 49.1 Å². The highest BCUT2D eigenvalue weighted by molar-refractivity contribution is 8.14. The molecule has 1 heterocycles. The van der Waals surface area contributed by atoms with Crippen molar-refractivity contribution in [2.45, 2.75) is 39.0 Å². The van der Waals surface area contributed by atoms with E-state index in [1.807, 2.05) is 42.5 Å². The van der Waals surface area contributed by atoms with Crippen LogP contribution >= 0.6 is 11.8 Å². The zero-order valence-corrected chi connectivity index (χ0v) is 17.4. The summed E-state index contributed by atoms with van der Waals surface area (Å²) < 4.78 is 0. The molecule has 1 amide bonds. The molecule has 5 heteroatoms. The molecule has 1 saturated heterocycles. The van der Waals surface area contributed by atoms with Gasteiger partial charge >= 0.3 is 0 Å². The van der Waals surface area contributed by atoms with Crippen LogP contribution in [-0.4, -0.2) is 34.8 Å². The van der Waals surface area contributed by atoms with Crippen LogP contribution in [0.5, 0.6) is 0 Å². The van der Waals surface area contributed by atoms with Gasteiger partial charge in [-0.25, -0.2) is 4.99 Å². The van der Waals surface area contributed by atoms with E-state index >= 15 is 0 Å². The highest BCUT2D eigenvalue weighted by Crippen LogP contribution is 2.21. The Balaban J connectivity index is 1.64. The number of thioether (sulfide) groups is 1. The summed E-state index contributed by atoms with van der Waals surface area (Å²) >= 11 is 1.53. The third-order valence-corrected chi connectivity index (χ3v) is 5.85. The first-order valence-corrected chi connectivity index (χ1v) is 11.1. The molecule has 0 spiro atoms. The van der Waals surface area contributed by atoms with E-state index in [-0.39, 0.29) is 5.91 Å². The summed E-state index contributed by atoms with van der Waals surface area (Å²) in [5.41, 5.74) is 3.05. The Morgan fingerprint density at radius 1 is 1.00 bits per heavy atom. The van der Waals surface area contributed by atoms with Crippen LogP contribution in [0.1, 0.15) is 38.2 Å². The topological polar surface area (TPSA) is 44.7 Å². The monoisotopic (exact) mass is 395 g/mol. The first-order chi connectivity index (χ1) is 13.7. The lowest BCUT2D eigenvalue weighted by Crippen LogP contribution is -2.31. The third-order valence-electron chi connectivity index (χ3n) is 4.84. The molecule has 0 aliphatic carbocycles. The molecule has 2 aromatic carbocycles. The summed E-state index contributed by atoms with van der Waals surface area (Å²) in [6.07, 6.45) is 5.91. The molecule has 0 atom stereocenters. The molecule has 148 valence electrons. The fraction of sp³-hybridized carbons (Fsp3) is 0.391. The van der Waals surface area contributed by atoms with Gasteiger partial charge in [-0.1, -0.05) is 61.9 Å². The molecule has 0 bridgehead atoms. The lowest BCUT2D eigenvalue weighted by molar-refractivity contribution is -0.113. The van der Waals surface area contributed by atoms with E-state index in [4.69, 9.17) is 4.99 Å². The number of carbonyl (C=O) groups is 1. The lowest BCUT2D eigenvalue weighted by Gasteiger charge is -2.23. The quantitative estimate of drug-likeness (QED) is 0.538. The number of benzene rings is 2. The van der Waals surface area contributed by atoms with Crippen LogP contribution in [0.25, 0.3) is 0 Å². The van der Waals surface area contributed by atoms with Gasteiger partial charge in [-0.3, -0.25) is 4.79 Å². The van der Waals surface area contributed by atoms with Crippen LogP contribution in [0, 0.1) is 0 Å². The molecule has 1 N–H and O–H groups in total. The molecule has 0 radical (unpaired) electrons. The van der Waals surface area contributed by atoms with Crippen LogP contribution in [0.15, 0.2) is 59.6 Å². The van der Waals surface area contributed by atoms with Crippen molar-refractivity contribution in [1.29, 1.82) is 0 Å². The second kappa shape index (κ2) is 10.9. The van der Waals surface area contributed by atoms with Crippen LogP contribution in [0.2, 0.25) is 0 Å². The number of nitrogens with one attached hydrogen (secondary N) is 1. The molecule has 1 fully saturated rings. The van der Waals surface area contributed by atoms with Crippen molar-refractivity contribution in [3.8, 4) is 0 Å². The van der Waals surface area contributed by atoms with Gasteiger partial charge in [-0.2, -0.15) is 0 Å². The van der Waals surface area contributed by atoms with E-state index in [1.165, 1.54) is 43.0 Å². The second-order valence-corrected chi connectivity index (χ2v) is 7.96. The fourth-order valence-electron chi connectivity index (χ4n) is 3.22. The minimum Gasteiger partial charge on any atom is -0.351 e. The molecule has 3 rings (SSSR count). The van der Waals surface area contributed by atoms with Crippen LogP contribution in [0.3, 0.4) is 0 Å². The number of carbonyl (C=O) groups excluding carboxylic acids is 1. The summed E-state index contributed by atoms with van der Waals surface area (Å²) in [6.45, 7) is 4.15. The van der Waals surface area contributed by atoms with Crippen molar-refractivity contribution in [3.05, 3.63) is 60.2 Å². The van der Waals surface area contributed by atoms with Crippen molar-refractivity contribution in [1.82, 2.24) is 4.90 Å². The van der Waals surface area contributed by atoms with Gasteiger partial charge in [0.25, 0.3) is 0 Å². The average Bonchev–Trinajstić information content (AvgIpc) is 3.02. The number of nitrogens with zero attached hydrogens (tertiary/aromatic N) is 2. The first kappa shape index (κ1) is 20.5. The van der Waals surface area contributed by atoms with Gasteiger partial charge in [0, 0.05) is 18.8 Å². The maximum atomic E-state index is 12.5. The Morgan fingerprint density at radius 2 is 1.68 bits per heavy atom. The molecule has 0 saturated carbocycles. The maximum Gasteiger partial charge on any atom is 0.234 e. The largest absolute Gasteiger partial charge is 0.351 e. The highest BCUT2D eigenvalue weighted by Gasteiger charge is 2.16. The number of aliphatic imine (C=N–C) groups is 1. The third kappa shape index (κ3) is 6.41. The number of anilines is 1. The number of likely N-dealkylation sites (tertiary alicyclic amines) is 1. The molecule has 0 unspecified atom stereocenters. The van der Waals surface area contributed by atoms with Crippen molar-refractivity contribution in [3.63, 3.8) is 0 Å². The van der Waals surface area contributed by atoms with Crippen LogP contribution in [0.4, 0.5) is 11.4 Å². The fourth-order valence-corrected chi connectivity index (χ4v) is 4.09. The average molecular weight is 396 g/mol. The standard InChI is InChI=1S/C23H29N3OS/c1-2-19-12-14-21(15-13-19)24-22(27)18-28-23(25-20-10-6-5-7-11-20)26-16-8-3-4-9-17-26/h5-7,10-15H,2-4,8-9,16-18H2,1H3,(H,24,27). The molecule has 1 aliphatic heterocycles. The predicted molar refractivity (Wildman–Crippen MR) is 120 cm³/mol. The number of hydrogen-bond donors (Lipinski definition) is 1. The van der Waals surface area contributed by atoms with Gasteiger partial charge in [-0.15, -0.1) is 0 Å². The Hall–Kier alpha value is -2.27. The minimum absolute atomic E-state index is 0.00447. The van der Waals surface area contributed by atoms with Gasteiger partial charge in [0.05, 0.1) is 11.4 Å². The number of amidine groups is 1. The van der Waals surface area contributed by atoms with E-state index in [9.17, 15) is 4.79 Å². The zero-order chi connectivity index (χ0) is 19.6. The molecule has 0 aromatic heterocycles. The Bertz CT molecular complexity index is 766. The smallest absolute Gasteiger partial charge is 0.234 e. The molecular weight excluding hydrogens is 366 g/mol. The van der Waals surface area contributed by atoms with E-state index in [0.717, 1.165) is 36.1 Å². The van der Waals surface area contributed by atoms with E-state index in [1.54, 1.807) is 0 Å². The Labute approximate surface area is 172 Å².